The summed E-state index contributed by atoms with van der Waals surface area (Å²) in [5, 5.41) is 3.92. The van der Waals surface area contributed by atoms with Gasteiger partial charge in [0.15, 0.2) is 5.78 Å². The molecule has 0 aliphatic carbocycles. The number of halogens is 1. The summed E-state index contributed by atoms with van der Waals surface area (Å²) in [4.78, 5) is 27.7. The number of ether oxygens (including phenoxy) is 1. The number of hydrogen-bond acceptors (Lipinski definition) is 4. The molecule has 2 aromatic rings. The first-order chi connectivity index (χ1) is 11.8. The zero-order valence-electron chi connectivity index (χ0n) is 15.1. The van der Waals surface area contributed by atoms with E-state index in [2.05, 4.69) is 10.3 Å². The van der Waals surface area contributed by atoms with E-state index in [0.29, 0.717) is 27.5 Å². The molecular formula is C19H23ClN2O3. The van der Waals surface area contributed by atoms with Crippen molar-refractivity contribution in [3.63, 3.8) is 0 Å². The summed E-state index contributed by atoms with van der Waals surface area (Å²) in [6.45, 7) is 7.24. The highest BCUT2D eigenvalue weighted by Gasteiger charge is 2.26. The molecule has 0 aliphatic rings. The molecule has 2 N–H and O–H groups in total. The number of aryl methyl sites for hydroxylation is 1. The Morgan fingerprint density at radius 2 is 1.84 bits per heavy atom. The summed E-state index contributed by atoms with van der Waals surface area (Å²) in [6, 6.07) is 6.98. The molecule has 0 fully saturated rings. The summed E-state index contributed by atoms with van der Waals surface area (Å²) in [5.41, 5.74) is 2.99. The number of Topliss-reactive ketones (excluding diaryl/α,β-unsaturated/α-hetero) is 1. The van der Waals surface area contributed by atoms with Gasteiger partial charge >= 0.3 is 5.97 Å². The van der Waals surface area contributed by atoms with Crippen molar-refractivity contribution in [3.8, 4) is 0 Å². The molecule has 2 rings (SSSR count). The van der Waals surface area contributed by atoms with E-state index in [1.54, 1.807) is 20.8 Å². The number of H-pyrrole nitrogens is 1. The van der Waals surface area contributed by atoms with E-state index in [1.165, 1.54) is 7.11 Å². The van der Waals surface area contributed by atoms with Crippen LogP contribution in [0.2, 0.25) is 5.02 Å². The van der Waals surface area contributed by atoms with Gasteiger partial charge in [0.2, 0.25) is 0 Å². The lowest BCUT2D eigenvalue weighted by Gasteiger charge is -2.20. The topological polar surface area (TPSA) is 71.2 Å². The highest BCUT2D eigenvalue weighted by atomic mass is 35.5. The van der Waals surface area contributed by atoms with Crippen LogP contribution < -0.4 is 5.32 Å². The number of methoxy groups -OCH3 is 1. The van der Waals surface area contributed by atoms with Crippen LogP contribution in [-0.4, -0.2) is 29.9 Å². The van der Waals surface area contributed by atoms with E-state index in [1.807, 2.05) is 31.2 Å². The maximum Gasteiger partial charge on any atom is 0.339 e. The van der Waals surface area contributed by atoms with Crippen molar-refractivity contribution in [2.75, 3.05) is 7.11 Å². The number of ketones is 1. The zero-order valence-corrected chi connectivity index (χ0v) is 15.8. The van der Waals surface area contributed by atoms with E-state index >= 15 is 0 Å². The van der Waals surface area contributed by atoms with Gasteiger partial charge in [-0.1, -0.05) is 29.8 Å². The third-order valence-corrected chi connectivity index (χ3v) is 4.68. The average Bonchev–Trinajstić information content (AvgIpc) is 2.88. The third-order valence-electron chi connectivity index (χ3n) is 4.34. The monoisotopic (exact) mass is 362 g/mol. The Balaban J connectivity index is 2.21. The Morgan fingerprint density at radius 1 is 1.20 bits per heavy atom. The smallest absolute Gasteiger partial charge is 0.339 e. The maximum atomic E-state index is 12.8. The number of carbonyl (C=O) groups excluding carboxylic acids is 2. The third kappa shape index (κ3) is 3.94. The van der Waals surface area contributed by atoms with Crippen LogP contribution in [0.3, 0.4) is 0 Å². The molecule has 5 nitrogen and oxygen atoms in total. The number of esters is 1. The predicted molar refractivity (Wildman–Crippen MR) is 98.4 cm³/mol. The molecule has 134 valence electrons. The molecule has 0 saturated heterocycles. The second kappa shape index (κ2) is 7.85. The average molecular weight is 363 g/mol. The van der Waals surface area contributed by atoms with Crippen LogP contribution in [0.15, 0.2) is 24.3 Å². The number of nitrogens with one attached hydrogen (secondary N) is 2. The lowest BCUT2D eigenvalue weighted by atomic mass is 10.0. The number of aromatic nitrogens is 1. The lowest BCUT2D eigenvalue weighted by Crippen LogP contribution is -2.36. The highest BCUT2D eigenvalue weighted by Crippen LogP contribution is 2.24. The van der Waals surface area contributed by atoms with Crippen LogP contribution in [0.4, 0.5) is 0 Å². The van der Waals surface area contributed by atoms with Crippen LogP contribution in [0.5, 0.6) is 0 Å². The molecule has 2 atom stereocenters. The summed E-state index contributed by atoms with van der Waals surface area (Å²) in [7, 11) is 1.32. The van der Waals surface area contributed by atoms with Crippen molar-refractivity contribution in [3.05, 3.63) is 57.4 Å². The minimum atomic E-state index is -0.450. The lowest BCUT2D eigenvalue weighted by molar-refractivity contribution is 0.0599. The summed E-state index contributed by atoms with van der Waals surface area (Å²) < 4.78 is 4.79. The van der Waals surface area contributed by atoms with Crippen molar-refractivity contribution >= 4 is 23.4 Å². The molecule has 1 heterocycles. The minimum Gasteiger partial charge on any atom is -0.465 e. The maximum absolute atomic E-state index is 12.8. The van der Waals surface area contributed by atoms with Crippen LogP contribution >= 0.6 is 11.6 Å². The number of rotatable bonds is 6. The number of aromatic amines is 1. The van der Waals surface area contributed by atoms with Crippen molar-refractivity contribution in [2.24, 2.45) is 0 Å². The minimum absolute atomic E-state index is 0.0934. The molecule has 1 aromatic heterocycles. The van der Waals surface area contributed by atoms with E-state index in [-0.39, 0.29) is 11.8 Å². The Morgan fingerprint density at radius 3 is 2.44 bits per heavy atom. The number of hydrogen-bond donors (Lipinski definition) is 2. The molecule has 0 spiro atoms. The Hall–Kier alpha value is -2.11. The second-order valence-corrected chi connectivity index (χ2v) is 6.52. The van der Waals surface area contributed by atoms with Crippen molar-refractivity contribution in [2.45, 2.75) is 39.8 Å². The molecule has 0 radical (unpaired) electrons. The van der Waals surface area contributed by atoms with Gasteiger partial charge in [0.1, 0.15) is 0 Å². The fourth-order valence-corrected chi connectivity index (χ4v) is 3.29. The van der Waals surface area contributed by atoms with E-state index in [9.17, 15) is 9.59 Å². The van der Waals surface area contributed by atoms with Gasteiger partial charge in [-0.25, -0.2) is 4.79 Å². The first-order valence-corrected chi connectivity index (χ1v) is 8.47. The summed E-state index contributed by atoms with van der Waals surface area (Å²) >= 11 is 6.22. The van der Waals surface area contributed by atoms with E-state index < -0.39 is 12.0 Å². The van der Waals surface area contributed by atoms with Gasteiger partial charge < -0.3 is 15.0 Å². The molecule has 0 aliphatic heterocycles. The summed E-state index contributed by atoms with van der Waals surface area (Å²) in [5.74, 6) is -0.565. The first-order valence-electron chi connectivity index (χ1n) is 8.10. The molecule has 0 amide bonds. The largest absolute Gasteiger partial charge is 0.465 e. The van der Waals surface area contributed by atoms with Gasteiger partial charge in [-0.05, 0) is 44.9 Å². The molecule has 0 bridgehead atoms. The molecule has 25 heavy (non-hydrogen) atoms. The van der Waals surface area contributed by atoms with Crippen LogP contribution in [0, 0.1) is 13.8 Å². The number of benzene rings is 1. The molecule has 0 unspecified atom stereocenters. The van der Waals surface area contributed by atoms with Crippen molar-refractivity contribution in [1.29, 1.82) is 0 Å². The van der Waals surface area contributed by atoms with Gasteiger partial charge in [0.05, 0.1) is 24.4 Å². The van der Waals surface area contributed by atoms with E-state index in [0.717, 1.165) is 5.56 Å². The molecule has 0 saturated carbocycles. The number of carbonyl (C=O) groups is 2. The normalized spacial score (nSPS) is 13.4. The van der Waals surface area contributed by atoms with Crippen molar-refractivity contribution in [1.82, 2.24) is 10.3 Å². The molecule has 6 heteroatoms. The van der Waals surface area contributed by atoms with Gasteiger partial charge in [-0.3, -0.25) is 4.79 Å². The second-order valence-electron chi connectivity index (χ2n) is 6.11. The van der Waals surface area contributed by atoms with Crippen LogP contribution in [0.25, 0.3) is 0 Å². The highest BCUT2D eigenvalue weighted by molar-refractivity contribution is 6.31. The predicted octanol–water partition coefficient (Wildman–Crippen LogP) is 3.99. The zero-order chi connectivity index (χ0) is 18.7. The summed E-state index contributed by atoms with van der Waals surface area (Å²) in [6.07, 6.45) is 0. The SMILES string of the molecule is COC(=O)c1c(C)[nH]c(C(=O)[C@@H](C)N[C@@H](C)c2ccccc2Cl)c1C. The Kier molecular flexibility index (Phi) is 6.03. The van der Waals surface area contributed by atoms with Gasteiger partial charge in [0, 0.05) is 16.8 Å². The van der Waals surface area contributed by atoms with Gasteiger partial charge in [-0.2, -0.15) is 0 Å². The van der Waals surface area contributed by atoms with Crippen LogP contribution in [-0.2, 0) is 4.74 Å². The first kappa shape index (κ1) is 19.2. The standard InChI is InChI=1S/C19H23ClN2O3/c1-10-16(19(24)25-5)12(3)22-17(10)18(23)13(4)21-11(2)14-8-6-7-9-15(14)20/h6-9,11,13,21-22H,1-5H3/t11-,13+/m0/s1. The Labute approximate surface area is 152 Å². The van der Waals surface area contributed by atoms with Crippen molar-refractivity contribution < 1.29 is 14.3 Å². The molecular weight excluding hydrogens is 340 g/mol. The van der Waals surface area contributed by atoms with Gasteiger partial charge in [-0.15, -0.1) is 0 Å². The fraction of sp³-hybridized carbons (Fsp3) is 0.368. The quantitative estimate of drug-likeness (QED) is 0.602. The van der Waals surface area contributed by atoms with Crippen LogP contribution in [0.1, 0.15) is 57.6 Å². The van der Waals surface area contributed by atoms with E-state index in [4.69, 9.17) is 16.3 Å². The fourth-order valence-electron chi connectivity index (χ4n) is 2.99. The van der Waals surface area contributed by atoms with Gasteiger partial charge in [0.25, 0.3) is 0 Å². The Bertz CT molecular complexity index is 798. The molecule has 1 aromatic carbocycles.